The molecule has 0 saturated heterocycles. The second-order valence-corrected chi connectivity index (χ2v) is 4.99. The Labute approximate surface area is 105 Å². The number of rotatable bonds is 8. The van der Waals surface area contributed by atoms with E-state index >= 15 is 0 Å². The summed E-state index contributed by atoms with van der Waals surface area (Å²) in [6, 6.07) is 0. The van der Waals surface area contributed by atoms with Crippen molar-refractivity contribution in [1.29, 1.82) is 0 Å². The van der Waals surface area contributed by atoms with Gasteiger partial charge in [0.1, 0.15) is 0 Å². The summed E-state index contributed by atoms with van der Waals surface area (Å²) in [4.78, 5) is 23.1. The maximum atomic E-state index is 11.7. The summed E-state index contributed by atoms with van der Waals surface area (Å²) in [5, 5.41) is 0. The van der Waals surface area contributed by atoms with Crippen LogP contribution in [0.2, 0.25) is 0 Å². The van der Waals surface area contributed by atoms with Gasteiger partial charge in [-0.25, -0.2) is 0 Å². The van der Waals surface area contributed by atoms with E-state index in [9.17, 15) is 9.59 Å². The molecule has 0 aromatic rings. The van der Waals surface area contributed by atoms with Crippen molar-refractivity contribution in [2.45, 2.75) is 66.2 Å². The third kappa shape index (κ3) is 7.94. The van der Waals surface area contributed by atoms with Gasteiger partial charge in [-0.15, -0.1) is 0 Å². The van der Waals surface area contributed by atoms with Gasteiger partial charge in [-0.3, -0.25) is 9.59 Å². The zero-order chi connectivity index (χ0) is 13.3. The summed E-state index contributed by atoms with van der Waals surface area (Å²) in [5.74, 6) is -0.610. The lowest BCUT2D eigenvalue weighted by Crippen LogP contribution is -2.21. The Balaban J connectivity index is 4.02. The minimum Gasteiger partial charge on any atom is -0.393 e. The third-order valence-corrected chi connectivity index (χ3v) is 2.77. The molecule has 0 aliphatic rings. The first-order valence-corrected chi connectivity index (χ1v) is 6.75. The highest BCUT2D eigenvalue weighted by atomic mass is 16.6. The van der Waals surface area contributed by atoms with Gasteiger partial charge in [-0.05, 0) is 18.8 Å². The number of unbranched alkanes of at least 4 members (excludes halogenated alkanes) is 2. The Morgan fingerprint density at radius 1 is 1.12 bits per heavy atom. The van der Waals surface area contributed by atoms with E-state index in [-0.39, 0.29) is 23.8 Å². The van der Waals surface area contributed by atoms with Gasteiger partial charge >= 0.3 is 11.9 Å². The van der Waals surface area contributed by atoms with E-state index < -0.39 is 0 Å². The van der Waals surface area contributed by atoms with Crippen LogP contribution in [0.4, 0.5) is 0 Å². The molecule has 0 rings (SSSR count). The first kappa shape index (κ1) is 16.1. The standard InChI is InChI=1S/C14H26O3/c1-5-7-8-9-12(6-2)14(16)17-13(15)10-11(3)4/h11-12H,5-10H2,1-4H3/t12-/m1/s1. The van der Waals surface area contributed by atoms with Crippen LogP contribution in [-0.2, 0) is 14.3 Å². The van der Waals surface area contributed by atoms with Crippen molar-refractivity contribution in [1.82, 2.24) is 0 Å². The number of carbonyl (C=O) groups is 2. The molecule has 3 heteroatoms. The quantitative estimate of drug-likeness (QED) is 0.370. The molecule has 0 N–H and O–H groups in total. The highest BCUT2D eigenvalue weighted by Crippen LogP contribution is 2.16. The monoisotopic (exact) mass is 242 g/mol. The van der Waals surface area contributed by atoms with Gasteiger partial charge in [0.05, 0.1) is 5.92 Å². The lowest BCUT2D eigenvalue weighted by molar-refractivity contribution is -0.163. The number of carbonyl (C=O) groups excluding carboxylic acids is 2. The van der Waals surface area contributed by atoms with Crippen molar-refractivity contribution in [2.75, 3.05) is 0 Å². The van der Waals surface area contributed by atoms with Crippen LogP contribution in [0.25, 0.3) is 0 Å². The van der Waals surface area contributed by atoms with Crippen molar-refractivity contribution in [2.24, 2.45) is 11.8 Å². The summed E-state index contributed by atoms with van der Waals surface area (Å²) >= 11 is 0. The summed E-state index contributed by atoms with van der Waals surface area (Å²) < 4.78 is 4.87. The highest BCUT2D eigenvalue weighted by molar-refractivity contribution is 5.86. The molecule has 3 nitrogen and oxygen atoms in total. The molecule has 0 amide bonds. The van der Waals surface area contributed by atoms with Gasteiger partial charge in [-0.2, -0.15) is 0 Å². The van der Waals surface area contributed by atoms with Gasteiger partial charge in [0.2, 0.25) is 0 Å². The van der Waals surface area contributed by atoms with Crippen LogP contribution in [0.1, 0.15) is 66.2 Å². The topological polar surface area (TPSA) is 43.4 Å². The number of ether oxygens (including phenoxy) is 1. The molecule has 0 radical (unpaired) electrons. The van der Waals surface area contributed by atoms with E-state index in [0.717, 1.165) is 32.1 Å². The maximum absolute atomic E-state index is 11.7. The number of esters is 2. The van der Waals surface area contributed by atoms with Gasteiger partial charge in [0, 0.05) is 6.42 Å². The van der Waals surface area contributed by atoms with E-state index in [1.54, 1.807) is 0 Å². The molecule has 0 fully saturated rings. The smallest absolute Gasteiger partial charge is 0.316 e. The second kappa shape index (κ2) is 9.20. The van der Waals surface area contributed by atoms with Gasteiger partial charge in [0.15, 0.2) is 0 Å². The van der Waals surface area contributed by atoms with Crippen molar-refractivity contribution in [3.63, 3.8) is 0 Å². The fraction of sp³-hybridized carbons (Fsp3) is 0.857. The Morgan fingerprint density at radius 3 is 2.24 bits per heavy atom. The molecule has 100 valence electrons. The van der Waals surface area contributed by atoms with Crippen molar-refractivity contribution in [3.8, 4) is 0 Å². The van der Waals surface area contributed by atoms with E-state index in [1.165, 1.54) is 0 Å². The molecule has 0 aromatic heterocycles. The maximum Gasteiger partial charge on any atom is 0.316 e. The zero-order valence-corrected chi connectivity index (χ0v) is 11.6. The van der Waals surface area contributed by atoms with E-state index in [1.807, 2.05) is 20.8 Å². The molecule has 0 unspecified atom stereocenters. The number of hydrogen-bond acceptors (Lipinski definition) is 3. The summed E-state index contributed by atoms with van der Waals surface area (Å²) in [6.45, 7) is 7.96. The SMILES string of the molecule is CCCCC[C@@H](CC)C(=O)OC(=O)CC(C)C. The highest BCUT2D eigenvalue weighted by Gasteiger charge is 2.20. The van der Waals surface area contributed by atoms with Crippen molar-refractivity contribution >= 4 is 11.9 Å². The Hall–Kier alpha value is -0.860. The molecule has 0 saturated carbocycles. The molecular formula is C14H26O3. The Kier molecular flexibility index (Phi) is 8.73. The van der Waals surface area contributed by atoms with Crippen LogP contribution < -0.4 is 0 Å². The fourth-order valence-electron chi connectivity index (χ4n) is 1.70. The van der Waals surface area contributed by atoms with Crippen LogP contribution in [0.15, 0.2) is 0 Å². The van der Waals surface area contributed by atoms with E-state index in [2.05, 4.69) is 6.92 Å². The van der Waals surface area contributed by atoms with E-state index in [4.69, 9.17) is 4.74 Å². The van der Waals surface area contributed by atoms with Crippen LogP contribution in [0, 0.1) is 11.8 Å². The number of hydrogen-bond donors (Lipinski definition) is 0. The van der Waals surface area contributed by atoms with Gasteiger partial charge in [0.25, 0.3) is 0 Å². The second-order valence-electron chi connectivity index (χ2n) is 4.99. The van der Waals surface area contributed by atoms with Crippen molar-refractivity contribution < 1.29 is 14.3 Å². The largest absolute Gasteiger partial charge is 0.393 e. The fourth-order valence-corrected chi connectivity index (χ4v) is 1.70. The predicted octanol–water partition coefficient (Wildman–Crippen LogP) is 3.71. The van der Waals surface area contributed by atoms with Crippen LogP contribution in [-0.4, -0.2) is 11.9 Å². The minimum absolute atomic E-state index is 0.113. The average molecular weight is 242 g/mol. The van der Waals surface area contributed by atoms with Crippen molar-refractivity contribution in [3.05, 3.63) is 0 Å². The predicted molar refractivity (Wildman–Crippen MR) is 68.5 cm³/mol. The average Bonchev–Trinajstić information content (AvgIpc) is 2.22. The molecule has 0 aliphatic carbocycles. The molecule has 0 spiro atoms. The molecular weight excluding hydrogens is 216 g/mol. The lowest BCUT2D eigenvalue weighted by atomic mass is 9.99. The summed E-state index contributed by atoms with van der Waals surface area (Å²) in [5.41, 5.74) is 0. The lowest BCUT2D eigenvalue weighted by Gasteiger charge is -2.13. The Morgan fingerprint density at radius 2 is 1.76 bits per heavy atom. The van der Waals surface area contributed by atoms with Gasteiger partial charge < -0.3 is 4.74 Å². The molecule has 0 aliphatic heterocycles. The molecule has 0 heterocycles. The molecule has 0 bridgehead atoms. The summed E-state index contributed by atoms with van der Waals surface area (Å²) in [7, 11) is 0. The van der Waals surface area contributed by atoms with E-state index in [0.29, 0.717) is 6.42 Å². The van der Waals surface area contributed by atoms with Crippen LogP contribution in [0.5, 0.6) is 0 Å². The first-order valence-electron chi connectivity index (χ1n) is 6.75. The normalized spacial score (nSPS) is 12.5. The van der Waals surface area contributed by atoms with Crippen LogP contribution in [0.3, 0.4) is 0 Å². The summed E-state index contributed by atoms with van der Waals surface area (Å²) in [6.07, 6.45) is 5.19. The van der Waals surface area contributed by atoms with Crippen LogP contribution >= 0.6 is 0 Å². The first-order chi connectivity index (χ1) is 8.01. The zero-order valence-electron chi connectivity index (χ0n) is 11.6. The molecule has 0 aromatic carbocycles. The van der Waals surface area contributed by atoms with Gasteiger partial charge in [-0.1, -0.05) is 47.0 Å². The Bertz CT molecular complexity index is 234. The molecule has 1 atom stereocenters. The third-order valence-electron chi connectivity index (χ3n) is 2.77. The molecule has 17 heavy (non-hydrogen) atoms. The minimum atomic E-state index is -0.390.